The van der Waals surface area contributed by atoms with Crippen LogP contribution in [-0.4, -0.2) is 18.1 Å². The van der Waals surface area contributed by atoms with Gasteiger partial charge in [-0.15, -0.1) is 0 Å². The van der Waals surface area contributed by atoms with Crippen LogP contribution in [0.1, 0.15) is 18.9 Å². The number of nitrogens with two attached hydrogens (primary N) is 1. The van der Waals surface area contributed by atoms with Gasteiger partial charge in [-0.25, -0.2) is 0 Å². The molecule has 5 nitrogen and oxygen atoms in total. The van der Waals surface area contributed by atoms with E-state index in [-0.39, 0.29) is 11.7 Å². The zero-order valence-electron chi connectivity index (χ0n) is 9.47. The van der Waals surface area contributed by atoms with Gasteiger partial charge >= 0.3 is 0 Å². The highest BCUT2D eigenvalue weighted by Crippen LogP contribution is 2.23. The summed E-state index contributed by atoms with van der Waals surface area (Å²) < 4.78 is 5.02. The highest BCUT2D eigenvalue weighted by atomic mass is 16.6. The van der Waals surface area contributed by atoms with E-state index in [0.29, 0.717) is 12.2 Å². The van der Waals surface area contributed by atoms with Crippen LogP contribution in [0.15, 0.2) is 18.2 Å². The van der Waals surface area contributed by atoms with E-state index in [1.165, 1.54) is 19.2 Å². The van der Waals surface area contributed by atoms with Gasteiger partial charge in [-0.05, 0) is 24.5 Å². The molecule has 0 amide bonds. The van der Waals surface area contributed by atoms with E-state index in [2.05, 4.69) is 0 Å². The number of nitrogens with zero attached hydrogens (tertiary/aromatic N) is 1. The van der Waals surface area contributed by atoms with E-state index in [1.807, 2.05) is 6.92 Å². The standard InChI is InChI=1S/C11H16N2O3/c1-3-9(12)4-8-5-10(13(14)15)7-11(6-8)16-2/h5-7,9H,3-4,12H2,1-2H3. The summed E-state index contributed by atoms with van der Waals surface area (Å²) in [4.78, 5) is 10.3. The largest absolute Gasteiger partial charge is 0.496 e. The average molecular weight is 224 g/mol. The third-order valence-electron chi connectivity index (χ3n) is 2.42. The van der Waals surface area contributed by atoms with E-state index in [0.717, 1.165) is 12.0 Å². The smallest absolute Gasteiger partial charge is 0.273 e. The summed E-state index contributed by atoms with van der Waals surface area (Å²) in [5.74, 6) is 0.493. The molecule has 0 saturated heterocycles. The second-order valence-electron chi connectivity index (χ2n) is 3.67. The van der Waals surface area contributed by atoms with Crippen LogP contribution in [0, 0.1) is 10.1 Å². The zero-order chi connectivity index (χ0) is 12.1. The van der Waals surface area contributed by atoms with Crippen molar-refractivity contribution in [1.82, 2.24) is 0 Å². The monoisotopic (exact) mass is 224 g/mol. The predicted octanol–water partition coefficient (Wildman–Crippen LogP) is 1.88. The van der Waals surface area contributed by atoms with Gasteiger partial charge in [0, 0.05) is 12.1 Å². The molecule has 0 aliphatic heterocycles. The molecular formula is C11H16N2O3. The Balaban J connectivity index is 2.99. The van der Waals surface area contributed by atoms with Crippen molar-refractivity contribution in [2.75, 3.05) is 7.11 Å². The molecule has 1 rings (SSSR count). The molecule has 88 valence electrons. The molecule has 1 aromatic carbocycles. The fourth-order valence-electron chi connectivity index (χ4n) is 1.43. The third kappa shape index (κ3) is 3.20. The van der Waals surface area contributed by atoms with Crippen LogP contribution in [0.5, 0.6) is 5.75 Å². The van der Waals surface area contributed by atoms with Crippen molar-refractivity contribution < 1.29 is 9.66 Å². The summed E-state index contributed by atoms with van der Waals surface area (Å²) in [7, 11) is 1.49. The number of methoxy groups -OCH3 is 1. The van der Waals surface area contributed by atoms with E-state index in [9.17, 15) is 10.1 Å². The quantitative estimate of drug-likeness (QED) is 0.611. The lowest BCUT2D eigenvalue weighted by molar-refractivity contribution is -0.385. The molecule has 16 heavy (non-hydrogen) atoms. The number of hydrogen-bond donors (Lipinski definition) is 1. The molecule has 0 aliphatic carbocycles. The Morgan fingerprint density at radius 3 is 2.69 bits per heavy atom. The van der Waals surface area contributed by atoms with Gasteiger partial charge in [-0.3, -0.25) is 10.1 Å². The predicted molar refractivity (Wildman–Crippen MR) is 61.6 cm³/mol. The van der Waals surface area contributed by atoms with Gasteiger partial charge in [0.15, 0.2) is 0 Å². The van der Waals surface area contributed by atoms with Crippen molar-refractivity contribution in [2.45, 2.75) is 25.8 Å². The van der Waals surface area contributed by atoms with Crippen LogP contribution in [0.4, 0.5) is 5.69 Å². The molecule has 0 radical (unpaired) electrons. The molecule has 0 fully saturated rings. The maximum Gasteiger partial charge on any atom is 0.273 e. The molecule has 0 heterocycles. The van der Waals surface area contributed by atoms with Crippen molar-refractivity contribution in [3.8, 4) is 5.75 Å². The Hall–Kier alpha value is -1.62. The summed E-state index contributed by atoms with van der Waals surface area (Å²) >= 11 is 0. The Labute approximate surface area is 94.4 Å². The lowest BCUT2D eigenvalue weighted by atomic mass is 10.0. The molecule has 0 saturated carbocycles. The van der Waals surface area contributed by atoms with Gasteiger partial charge in [0.25, 0.3) is 5.69 Å². The number of hydrogen-bond acceptors (Lipinski definition) is 4. The normalized spacial score (nSPS) is 12.2. The number of rotatable bonds is 5. The molecule has 2 N–H and O–H groups in total. The summed E-state index contributed by atoms with van der Waals surface area (Å²) in [5.41, 5.74) is 6.69. The minimum absolute atomic E-state index is 0.0201. The van der Waals surface area contributed by atoms with E-state index >= 15 is 0 Å². The Morgan fingerprint density at radius 1 is 1.50 bits per heavy atom. The van der Waals surface area contributed by atoms with Crippen LogP contribution < -0.4 is 10.5 Å². The third-order valence-corrected chi connectivity index (χ3v) is 2.42. The summed E-state index contributed by atoms with van der Waals surface area (Å²) in [5, 5.41) is 10.7. The Bertz CT molecular complexity index is 379. The molecule has 0 aromatic heterocycles. The molecular weight excluding hydrogens is 208 g/mol. The first kappa shape index (κ1) is 12.4. The van der Waals surface area contributed by atoms with Gasteiger partial charge in [-0.2, -0.15) is 0 Å². The topological polar surface area (TPSA) is 78.4 Å². The summed E-state index contributed by atoms with van der Waals surface area (Å²) in [6.07, 6.45) is 1.46. The maximum absolute atomic E-state index is 10.7. The van der Waals surface area contributed by atoms with Crippen LogP contribution in [-0.2, 0) is 6.42 Å². The van der Waals surface area contributed by atoms with Crippen LogP contribution in [0.3, 0.4) is 0 Å². The van der Waals surface area contributed by atoms with Crippen molar-refractivity contribution in [3.63, 3.8) is 0 Å². The number of ether oxygens (including phenoxy) is 1. The molecule has 1 atom stereocenters. The van der Waals surface area contributed by atoms with Crippen LogP contribution in [0.25, 0.3) is 0 Å². The van der Waals surface area contributed by atoms with E-state index < -0.39 is 4.92 Å². The second-order valence-corrected chi connectivity index (χ2v) is 3.67. The number of non-ortho nitro benzene ring substituents is 1. The Kier molecular flexibility index (Phi) is 4.25. The number of benzene rings is 1. The van der Waals surface area contributed by atoms with Gasteiger partial charge in [-0.1, -0.05) is 6.92 Å². The van der Waals surface area contributed by atoms with Crippen molar-refractivity contribution in [2.24, 2.45) is 5.73 Å². The maximum atomic E-state index is 10.7. The van der Waals surface area contributed by atoms with Gasteiger partial charge < -0.3 is 10.5 Å². The highest BCUT2D eigenvalue weighted by molar-refractivity contribution is 5.43. The van der Waals surface area contributed by atoms with Crippen molar-refractivity contribution in [3.05, 3.63) is 33.9 Å². The lowest BCUT2D eigenvalue weighted by Gasteiger charge is -2.09. The fourth-order valence-corrected chi connectivity index (χ4v) is 1.43. The molecule has 1 aromatic rings. The Morgan fingerprint density at radius 2 is 2.19 bits per heavy atom. The van der Waals surface area contributed by atoms with Crippen molar-refractivity contribution >= 4 is 5.69 Å². The van der Waals surface area contributed by atoms with Gasteiger partial charge in [0.1, 0.15) is 5.75 Å². The fraction of sp³-hybridized carbons (Fsp3) is 0.455. The van der Waals surface area contributed by atoms with E-state index in [4.69, 9.17) is 10.5 Å². The molecule has 1 unspecified atom stereocenters. The molecule has 0 spiro atoms. The lowest BCUT2D eigenvalue weighted by Crippen LogP contribution is -2.21. The second kappa shape index (κ2) is 5.46. The van der Waals surface area contributed by atoms with Crippen LogP contribution >= 0.6 is 0 Å². The SMILES string of the molecule is CCC(N)Cc1cc(OC)cc([N+](=O)[O-])c1. The minimum atomic E-state index is -0.427. The first-order valence-electron chi connectivity index (χ1n) is 5.14. The van der Waals surface area contributed by atoms with Gasteiger partial charge in [0.05, 0.1) is 18.1 Å². The minimum Gasteiger partial charge on any atom is -0.496 e. The number of nitro groups is 1. The average Bonchev–Trinajstić information content (AvgIpc) is 2.28. The van der Waals surface area contributed by atoms with E-state index in [1.54, 1.807) is 6.07 Å². The first-order chi connectivity index (χ1) is 7.56. The highest BCUT2D eigenvalue weighted by Gasteiger charge is 2.11. The molecule has 0 bridgehead atoms. The zero-order valence-corrected chi connectivity index (χ0v) is 9.47. The van der Waals surface area contributed by atoms with Gasteiger partial charge in [0.2, 0.25) is 0 Å². The van der Waals surface area contributed by atoms with Crippen molar-refractivity contribution in [1.29, 1.82) is 0 Å². The first-order valence-corrected chi connectivity index (χ1v) is 5.14. The molecule has 5 heteroatoms. The molecule has 0 aliphatic rings. The summed E-state index contributed by atoms with van der Waals surface area (Å²) in [6.45, 7) is 1.99. The van der Waals surface area contributed by atoms with Crippen LogP contribution in [0.2, 0.25) is 0 Å². The number of nitro benzene ring substituents is 1. The summed E-state index contributed by atoms with van der Waals surface area (Å²) in [6, 6.07) is 4.74.